The molecule has 0 radical (unpaired) electrons. The maximum absolute atomic E-state index is 10.8. The van der Waals surface area contributed by atoms with Gasteiger partial charge in [0, 0.05) is 11.9 Å². The molecule has 2 aromatic rings. The number of imidazole rings is 1. The van der Waals surface area contributed by atoms with Crippen molar-refractivity contribution in [2.24, 2.45) is 0 Å². The number of fused-ring (bicyclic) bond motifs is 1. The lowest BCUT2D eigenvalue weighted by Crippen LogP contribution is -2.01. The van der Waals surface area contributed by atoms with E-state index in [1.54, 1.807) is 16.7 Å². The highest BCUT2D eigenvalue weighted by atomic mass is 35.5. The molecule has 14 heavy (non-hydrogen) atoms. The summed E-state index contributed by atoms with van der Waals surface area (Å²) in [6, 6.07) is 3.00. The number of hydrogen-bond donors (Lipinski definition) is 1. The number of nitrogens with zero attached hydrogens (tertiary/aromatic N) is 2. The minimum absolute atomic E-state index is 0.155. The summed E-state index contributed by atoms with van der Waals surface area (Å²) in [5.74, 6) is -1.00. The molecule has 2 rings (SSSR count). The van der Waals surface area contributed by atoms with E-state index in [1.807, 2.05) is 6.92 Å². The maximum atomic E-state index is 10.8. The molecule has 0 bridgehead atoms. The van der Waals surface area contributed by atoms with Crippen molar-refractivity contribution in [3.63, 3.8) is 0 Å². The van der Waals surface area contributed by atoms with Gasteiger partial charge in [0.25, 0.3) is 0 Å². The molecule has 72 valence electrons. The Kier molecular flexibility index (Phi) is 1.93. The van der Waals surface area contributed by atoms with Crippen molar-refractivity contribution in [3.8, 4) is 0 Å². The molecule has 2 heterocycles. The first-order valence-electron chi connectivity index (χ1n) is 3.97. The van der Waals surface area contributed by atoms with Crippen LogP contribution in [-0.4, -0.2) is 20.5 Å². The lowest BCUT2D eigenvalue weighted by Gasteiger charge is -2.02. The Morgan fingerprint density at radius 1 is 1.57 bits per heavy atom. The Morgan fingerprint density at radius 2 is 2.29 bits per heavy atom. The molecule has 0 aromatic carbocycles. The minimum atomic E-state index is -1.00. The number of hydrogen-bond acceptors (Lipinski definition) is 2. The predicted molar refractivity (Wildman–Crippen MR) is 51.9 cm³/mol. The third kappa shape index (κ3) is 1.15. The topological polar surface area (TPSA) is 54.6 Å². The zero-order valence-electron chi connectivity index (χ0n) is 7.36. The van der Waals surface area contributed by atoms with E-state index in [2.05, 4.69) is 4.98 Å². The van der Waals surface area contributed by atoms with Gasteiger partial charge in [-0.3, -0.25) is 4.40 Å². The van der Waals surface area contributed by atoms with Crippen LogP contribution in [0.4, 0.5) is 0 Å². The van der Waals surface area contributed by atoms with E-state index < -0.39 is 5.97 Å². The Balaban J connectivity index is 2.90. The Hall–Kier alpha value is -1.55. The van der Waals surface area contributed by atoms with Gasteiger partial charge in [0.15, 0.2) is 5.65 Å². The summed E-state index contributed by atoms with van der Waals surface area (Å²) in [5, 5.41) is 9.34. The van der Waals surface area contributed by atoms with Crippen LogP contribution >= 0.6 is 11.6 Å². The molecule has 4 nitrogen and oxygen atoms in total. The molecule has 0 aliphatic heterocycles. The van der Waals surface area contributed by atoms with Gasteiger partial charge in [0.2, 0.25) is 0 Å². The fraction of sp³-hybridized carbons (Fsp3) is 0.111. The van der Waals surface area contributed by atoms with Crippen LogP contribution in [0.25, 0.3) is 5.65 Å². The van der Waals surface area contributed by atoms with E-state index in [0.29, 0.717) is 10.8 Å². The Morgan fingerprint density at radius 3 is 2.93 bits per heavy atom. The number of carboxylic acid groups (broad SMARTS) is 1. The number of carboxylic acids is 1. The van der Waals surface area contributed by atoms with Crippen LogP contribution in [0.5, 0.6) is 0 Å². The number of aryl methyl sites for hydroxylation is 1. The second-order valence-electron chi connectivity index (χ2n) is 2.93. The van der Waals surface area contributed by atoms with E-state index >= 15 is 0 Å². The van der Waals surface area contributed by atoms with Crippen LogP contribution in [0.15, 0.2) is 18.3 Å². The summed E-state index contributed by atoms with van der Waals surface area (Å²) in [7, 11) is 0. The first kappa shape index (κ1) is 9.02. The summed E-state index contributed by atoms with van der Waals surface area (Å²) < 4.78 is 1.60. The van der Waals surface area contributed by atoms with Crippen molar-refractivity contribution in [3.05, 3.63) is 34.7 Å². The Labute approximate surface area is 84.8 Å². The highest BCUT2D eigenvalue weighted by Crippen LogP contribution is 2.18. The highest BCUT2D eigenvalue weighted by Gasteiger charge is 2.13. The first-order valence-corrected chi connectivity index (χ1v) is 4.35. The molecule has 0 atom stereocenters. The highest BCUT2D eigenvalue weighted by molar-refractivity contribution is 6.30. The lowest BCUT2D eigenvalue weighted by atomic mass is 10.3. The van der Waals surface area contributed by atoms with Gasteiger partial charge in [0.1, 0.15) is 10.7 Å². The molecule has 0 fully saturated rings. The van der Waals surface area contributed by atoms with Crippen LogP contribution in [0.3, 0.4) is 0 Å². The van der Waals surface area contributed by atoms with Gasteiger partial charge in [-0.25, -0.2) is 9.78 Å². The summed E-state index contributed by atoms with van der Waals surface area (Å²) >= 11 is 5.91. The van der Waals surface area contributed by atoms with Crippen LogP contribution in [-0.2, 0) is 0 Å². The van der Waals surface area contributed by atoms with Crippen molar-refractivity contribution in [1.82, 2.24) is 9.38 Å². The van der Waals surface area contributed by atoms with Gasteiger partial charge in [-0.2, -0.15) is 0 Å². The summed E-state index contributed by atoms with van der Waals surface area (Å²) in [6.45, 7) is 1.82. The summed E-state index contributed by atoms with van der Waals surface area (Å²) in [4.78, 5) is 14.8. The van der Waals surface area contributed by atoms with E-state index in [0.717, 1.165) is 5.69 Å². The second kappa shape index (κ2) is 2.99. The zero-order valence-corrected chi connectivity index (χ0v) is 8.12. The normalized spacial score (nSPS) is 10.7. The molecule has 0 aliphatic carbocycles. The van der Waals surface area contributed by atoms with E-state index in [9.17, 15) is 4.79 Å². The zero-order chi connectivity index (χ0) is 10.3. The van der Waals surface area contributed by atoms with Crippen LogP contribution < -0.4 is 0 Å². The molecule has 0 spiro atoms. The quantitative estimate of drug-likeness (QED) is 0.733. The number of aromatic nitrogens is 2. The molecular weight excluding hydrogens is 204 g/mol. The molecule has 0 unspecified atom stereocenters. The van der Waals surface area contributed by atoms with Gasteiger partial charge >= 0.3 is 5.97 Å². The molecular formula is C9H7ClN2O2. The molecule has 5 heteroatoms. The van der Waals surface area contributed by atoms with Crippen molar-refractivity contribution >= 4 is 23.2 Å². The average Bonchev–Trinajstić information content (AvgIpc) is 2.49. The Bertz CT molecular complexity index is 519. The molecule has 2 aromatic heterocycles. The van der Waals surface area contributed by atoms with Crippen molar-refractivity contribution in [2.45, 2.75) is 6.92 Å². The number of aromatic carboxylic acids is 1. The number of halogens is 1. The standard InChI is InChI=1S/C9H7ClN2O2/c1-5-4-11-8-6(9(13)14)2-3-7(10)12(5)8/h2-4H,1H3,(H,13,14). The molecule has 0 aliphatic rings. The van der Waals surface area contributed by atoms with E-state index in [4.69, 9.17) is 16.7 Å². The maximum Gasteiger partial charge on any atom is 0.339 e. The predicted octanol–water partition coefficient (Wildman–Crippen LogP) is 1.99. The fourth-order valence-corrected chi connectivity index (χ4v) is 1.64. The minimum Gasteiger partial charge on any atom is -0.478 e. The largest absolute Gasteiger partial charge is 0.478 e. The first-order chi connectivity index (χ1) is 6.61. The van der Waals surface area contributed by atoms with Gasteiger partial charge in [-0.15, -0.1) is 0 Å². The van der Waals surface area contributed by atoms with Crippen molar-refractivity contribution < 1.29 is 9.90 Å². The summed E-state index contributed by atoms with van der Waals surface area (Å²) in [5.41, 5.74) is 1.35. The fourth-order valence-electron chi connectivity index (χ4n) is 1.36. The van der Waals surface area contributed by atoms with Gasteiger partial charge in [-0.05, 0) is 19.1 Å². The molecule has 0 saturated carbocycles. The van der Waals surface area contributed by atoms with Crippen LogP contribution in [0.1, 0.15) is 16.1 Å². The number of rotatable bonds is 1. The third-order valence-corrected chi connectivity index (χ3v) is 2.31. The second-order valence-corrected chi connectivity index (χ2v) is 3.32. The van der Waals surface area contributed by atoms with Gasteiger partial charge in [-0.1, -0.05) is 11.6 Å². The van der Waals surface area contributed by atoms with Gasteiger partial charge < -0.3 is 5.11 Å². The average molecular weight is 211 g/mol. The smallest absolute Gasteiger partial charge is 0.339 e. The molecule has 1 N–H and O–H groups in total. The van der Waals surface area contributed by atoms with Crippen LogP contribution in [0, 0.1) is 6.92 Å². The van der Waals surface area contributed by atoms with Crippen LogP contribution in [0.2, 0.25) is 5.15 Å². The number of pyridine rings is 1. The summed E-state index contributed by atoms with van der Waals surface area (Å²) in [6.07, 6.45) is 1.59. The molecule has 0 saturated heterocycles. The van der Waals surface area contributed by atoms with E-state index in [-0.39, 0.29) is 5.56 Å². The number of carbonyl (C=O) groups is 1. The van der Waals surface area contributed by atoms with Crippen molar-refractivity contribution in [1.29, 1.82) is 0 Å². The van der Waals surface area contributed by atoms with Crippen molar-refractivity contribution in [2.75, 3.05) is 0 Å². The van der Waals surface area contributed by atoms with E-state index in [1.165, 1.54) is 6.07 Å². The lowest BCUT2D eigenvalue weighted by molar-refractivity contribution is 0.0698. The monoisotopic (exact) mass is 210 g/mol. The SMILES string of the molecule is Cc1cnc2c(C(=O)O)ccc(Cl)n12. The van der Waals surface area contributed by atoms with Gasteiger partial charge in [0.05, 0.1) is 0 Å². The third-order valence-electron chi connectivity index (χ3n) is 2.01. The molecule has 0 amide bonds.